The molecule has 88 valence electrons. The Balaban J connectivity index is 2.26. The summed E-state index contributed by atoms with van der Waals surface area (Å²) in [6, 6.07) is 4.12. The van der Waals surface area contributed by atoms with Crippen molar-refractivity contribution in [2.45, 2.75) is 19.4 Å². The number of rotatable bonds is 5. The number of hydrogen-bond donors (Lipinski definition) is 1. The van der Waals surface area contributed by atoms with E-state index < -0.39 is 0 Å². The second-order valence-corrected chi connectivity index (χ2v) is 3.85. The highest BCUT2D eigenvalue weighted by molar-refractivity contribution is 5.26. The molecule has 2 aromatic heterocycles. The van der Waals surface area contributed by atoms with Gasteiger partial charge >= 0.3 is 0 Å². The Kier molecular flexibility index (Phi) is 4.16. The molecular weight excluding hydrogens is 212 g/mol. The zero-order valence-electron chi connectivity index (χ0n) is 9.87. The van der Waals surface area contributed by atoms with Crippen LogP contribution in [0.1, 0.15) is 30.5 Å². The number of pyridine rings is 1. The molecule has 0 aliphatic rings. The first kappa shape index (κ1) is 11.7. The minimum atomic E-state index is 0.116. The monoisotopic (exact) mass is 228 g/mol. The van der Waals surface area contributed by atoms with Gasteiger partial charge in [-0.3, -0.25) is 4.98 Å². The maximum Gasteiger partial charge on any atom is 0.115 e. The summed E-state index contributed by atoms with van der Waals surface area (Å²) < 4.78 is 0. The van der Waals surface area contributed by atoms with E-state index >= 15 is 0 Å². The lowest BCUT2D eigenvalue weighted by molar-refractivity contribution is 0.593. The summed E-state index contributed by atoms with van der Waals surface area (Å²) in [5.41, 5.74) is 2.20. The molecular formula is C13H16N4. The summed E-state index contributed by atoms with van der Waals surface area (Å²) in [7, 11) is 0. The van der Waals surface area contributed by atoms with Gasteiger partial charge in [-0.15, -0.1) is 0 Å². The number of aromatic nitrogens is 3. The van der Waals surface area contributed by atoms with E-state index in [1.807, 2.05) is 24.7 Å². The Hall–Kier alpha value is -1.81. The van der Waals surface area contributed by atoms with Crippen LogP contribution in [0.4, 0.5) is 0 Å². The third-order valence-corrected chi connectivity index (χ3v) is 2.53. The van der Waals surface area contributed by atoms with Gasteiger partial charge in [-0.25, -0.2) is 9.97 Å². The predicted octanol–water partition coefficient (Wildman–Crippen LogP) is 1.96. The van der Waals surface area contributed by atoms with Crippen LogP contribution in [0.3, 0.4) is 0 Å². The van der Waals surface area contributed by atoms with Crippen molar-refractivity contribution in [1.82, 2.24) is 20.3 Å². The van der Waals surface area contributed by atoms with Gasteiger partial charge in [-0.05, 0) is 24.6 Å². The van der Waals surface area contributed by atoms with Gasteiger partial charge in [0.05, 0.1) is 6.04 Å². The van der Waals surface area contributed by atoms with E-state index in [0.29, 0.717) is 0 Å². The van der Waals surface area contributed by atoms with Gasteiger partial charge < -0.3 is 5.32 Å². The largest absolute Gasteiger partial charge is 0.306 e. The van der Waals surface area contributed by atoms with E-state index in [9.17, 15) is 0 Å². The van der Waals surface area contributed by atoms with Crippen LogP contribution in [-0.4, -0.2) is 21.5 Å². The molecule has 0 aliphatic heterocycles. The van der Waals surface area contributed by atoms with Gasteiger partial charge in [0.2, 0.25) is 0 Å². The summed E-state index contributed by atoms with van der Waals surface area (Å²) in [5, 5.41) is 3.48. The van der Waals surface area contributed by atoms with Gasteiger partial charge in [0.15, 0.2) is 0 Å². The van der Waals surface area contributed by atoms with Crippen molar-refractivity contribution in [3.05, 3.63) is 54.4 Å². The molecule has 0 aliphatic carbocycles. The zero-order chi connectivity index (χ0) is 11.9. The molecule has 0 spiro atoms. The predicted molar refractivity (Wildman–Crippen MR) is 66.4 cm³/mol. The number of nitrogens with one attached hydrogen (secondary N) is 1. The Labute approximate surface area is 101 Å². The molecule has 0 radical (unpaired) electrons. The Morgan fingerprint density at radius 2 is 1.88 bits per heavy atom. The number of hydrogen-bond acceptors (Lipinski definition) is 4. The molecule has 0 aromatic carbocycles. The molecule has 0 amide bonds. The van der Waals surface area contributed by atoms with Crippen LogP contribution in [0.5, 0.6) is 0 Å². The highest BCUT2D eigenvalue weighted by Gasteiger charge is 2.13. The van der Waals surface area contributed by atoms with Gasteiger partial charge in [0.1, 0.15) is 6.33 Å². The van der Waals surface area contributed by atoms with Gasteiger partial charge in [-0.2, -0.15) is 0 Å². The van der Waals surface area contributed by atoms with Crippen LogP contribution in [0.2, 0.25) is 0 Å². The first-order valence-electron chi connectivity index (χ1n) is 5.80. The summed E-state index contributed by atoms with van der Waals surface area (Å²) in [5.74, 6) is 0. The van der Waals surface area contributed by atoms with Crippen LogP contribution in [0, 0.1) is 0 Å². The number of nitrogens with zero attached hydrogens (tertiary/aromatic N) is 3. The quantitative estimate of drug-likeness (QED) is 0.850. The minimum absolute atomic E-state index is 0.116. The third kappa shape index (κ3) is 3.07. The molecule has 1 N–H and O–H groups in total. The van der Waals surface area contributed by atoms with E-state index in [4.69, 9.17) is 0 Å². The van der Waals surface area contributed by atoms with E-state index in [0.717, 1.165) is 24.1 Å². The summed E-state index contributed by atoms with van der Waals surface area (Å²) in [6.07, 6.45) is 9.97. The minimum Gasteiger partial charge on any atom is -0.306 e. The van der Waals surface area contributed by atoms with Crippen LogP contribution in [0.15, 0.2) is 43.2 Å². The molecule has 2 heterocycles. The van der Waals surface area contributed by atoms with Gasteiger partial charge in [-0.1, -0.05) is 13.0 Å². The van der Waals surface area contributed by atoms with E-state index in [-0.39, 0.29) is 6.04 Å². The summed E-state index contributed by atoms with van der Waals surface area (Å²) in [4.78, 5) is 12.3. The molecule has 1 atom stereocenters. The maximum absolute atomic E-state index is 4.16. The average Bonchev–Trinajstić information content (AvgIpc) is 2.42. The maximum atomic E-state index is 4.16. The van der Waals surface area contributed by atoms with Crippen molar-refractivity contribution in [2.24, 2.45) is 0 Å². The summed E-state index contributed by atoms with van der Waals surface area (Å²) in [6.45, 7) is 3.10. The lowest BCUT2D eigenvalue weighted by atomic mass is 10.0. The fourth-order valence-electron chi connectivity index (χ4n) is 1.72. The van der Waals surface area contributed by atoms with Crippen LogP contribution in [0.25, 0.3) is 0 Å². The molecule has 4 nitrogen and oxygen atoms in total. The van der Waals surface area contributed by atoms with Crippen molar-refractivity contribution >= 4 is 0 Å². The second kappa shape index (κ2) is 6.06. The lowest BCUT2D eigenvalue weighted by Gasteiger charge is -2.18. The first-order valence-corrected chi connectivity index (χ1v) is 5.80. The van der Waals surface area contributed by atoms with Crippen molar-refractivity contribution in [2.75, 3.05) is 6.54 Å². The van der Waals surface area contributed by atoms with Crippen LogP contribution >= 0.6 is 0 Å². The molecule has 0 fully saturated rings. The molecule has 0 saturated heterocycles. The molecule has 0 bridgehead atoms. The Morgan fingerprint density at radius 1 is 1.12 bits per heavy atom. The van der Waals surface area contributed by atoms with E-state index in [1.165, 1.54) is 0 Å². The van der Waals surface area contributed by atoms with Crippen molar-refractivity contribution < 1.29 is 0 Å². The zero-order valence-corrected chi connectivity index (χ0v) is 9.87. The standard InChI is InChI=1S/C13H16N4/c1-2-5-17-13(11-4-3-6-14-7-11)12-8-15-10-16-9-12/h3-4,6-10,13,17H,2,5H2,1H3. The van der Waals surface area contributed by atoms with Crippen LogP contribution < -0.4 is 5.32 Å². The van der Waals surface area contributed by atoms with Gasteiger partial charge in [0, 0.05) is 30.4 Å². The van der Waals surface area contributed by atoms with Crippen molar-refractivity contribution in [3.63, 3.8) is 0 Å². The second-order valence-electron chi connectivity index (χ2n) is 3.85. The molecule has 1 unspecified atom stereocenters. The molecule has 4 heteroatoms. The molecule has 2 aromatic rings. The smallest absolute Gasteiger partial charge is 0.115 e. The Bertz CT molecular complexity index is 390. The topological polar surface area (TPSA) is 50.7 Å². The van der Waals surface area contributed by atoms with Gasteiger partial charge in [0.25, 0.3) is 0 Å². The van der Waals surface area contributed by atoms with Crippen molar-refractivity contribution in [3.8, 4) is 0 Å². The fourth-order valence-corrected chi connectivity index (χ4v) is 1.72. The van der Waals surface area contributed by atoms with Crippen molar-refractivity contribution in [1.29, 1.82) is 0 Å². The first-order chi connectivity index (χ1) is 8.42. The van der Waals surface area contributed by atoms with Crippen LogP contribution in [-0.2, 0) is 0 Å². The normalized spacial score (nSPS) is 12.3. The fraction of sp³-hybridized carbons (Fsp3) is 0.308. The third-order valence-electron chi connectivity index (χ3n) is 2.53. The average molecular weight is 228 g/mol. The molecule has 0 saturated carbocycles. The van der Waals surface area contributed by atoms with E-state index in [2.05, 4.69) is 33.3 Å². The highest BCUT2D eigenvalue weighted by atomic mass is 14.9. The summed E-state index contributed by atoms with van der Waals surface area (Å²) >= 11 is 0. The molecule has 2 rings (SSSR count). The highest BCUT2D eigenvalue weighted by Crippen LogP contribution is 2.19. The lowest BCUT2D eigenvalue weighted by Crippen LogP contribution is -2.23. The molecule has 17 heavy (non-hydrogen) atoms. The Morgan fingerprint density at radius 3 is 2.53 bits per heavy atom. The van der Waals surface area contributed by atoms with E-state index in [1.54, 1.807) is 12.5 Å². The SMILES string of the molecule is CCCNC(c1cccnc1)c1cncnc1.